The molecule has 1 amide bonds. The summed E-state index contributed by atoms with van der Waals surface area (Å²) in [6.07, 6.45) is -3.02. The predicted molar refractivity (Wildman–Crippen MR) is 101 cm³/mol. The second kappa shape index (κ2) is 7.30. The van der Waals surface area contributed by atoms with Gasteiger partial charge in [0.15, 0.2) is 0 Å². The Hall–Kier alpha value is -2.83. The normalized spacial score (nSPS) is 16.3. The van der Waals surface area contributed by atoms with Crippen molar-refractivity contribution in [2.24, 2.45) is 0 Å². The predicted octanol–water partition coefficient (Wildman–Crippen LogP) is 4.76. The monoisotopic (exact) mass is 390 g/mol. The van der Waals surface area contributed by atoms with Crippen LogP contribution in [0.1, 0.15) is 65.3 Å². The van der Waals surface area contributed by atoms with E-state index in [0.717, 1.165) is 41.2 Å². The zero-order valence-electron chi connectivity index (χ0n) is 15.8. The van der Waals surface area contributed by atoms with Gasteiger partial charge in [0.1, 0.15) is 11.3 Å². The number of aromatic nitrogens is 1. The van der Waals surface area contributed by atoms with Gasteiger partial charge in [0.2, 0.25) is 0 Å². The van der Waals surface area contributed by atoms with Gasteiger partial charge in [-0.15, -0.1) is 0 Å². The van der Waals surface area contributed by atoms with Crippen LogP contribution in [-0.2, 0) is 6.18 Å². The van der Waals surface area contributed by atoms with Crippen LogP contribution in [-0.4, -0.2) is 10.9 Å². The Labute approximate surface area is 160 Å². The molecule has 1 atom stereocenters. The molecule has 0 saturated carbocycles. The van der Waals surface area contributed by atoms with Gasteiger partial charge in [0, 0.05) is 17.2 Å². The Kier molecular flexibility index (Phi) is 5.19. The molecule has 28 heavy (non-hydrogen) atoms. The molecular weight excluding hydrogens is 369 g/mol. The zero-order chi connectivity index (χ0) is 20.6. The molecule has 0 radical (unpaired) electrons. The van der Waals surface area contributed by atoms with Crippen LogP contribution >= 0.6 is 0 Å². The van der Waals surface area contributed by atoms with Crippen molar-refractivity contribution >= 4 is 11.6 Å². The second-order valence-electron chi connectivity index (χ2n) is 7.03. The number of carbonyl (C=O) groups is 1. The van der Waals surface area contributed by atoms with Gasteiger partial charge in [-0.05, 0) is 42.7 Å². The minimum absolute atomic E-state index is 0.122. The maximum atomic E-state index is 12.7. The lowest BCUT2D eigenvalue weighted by molar-refractivity contribution is -0.141. The highest BCUT2D eigenvalue weighted by Gasteiger charge is 2.33. The molecule has 1 aliphatic carbocycles. The quantitative estimate of drug-likeness (QED) is 0.791. The first-order valence-corrected chi connectivity index (χ1v) is 9.09. The second-order valence-corrected chi connectivity index (χ2v) is 7.03. The molecule has 148 valence electrons. The van der Waals surface area contributed by atoms with Crippen molar-refractivity contribution < 1.29 is 18.0 Å². The van der Waals surface area contributed by atoms with Crippen LogP contribution in [0.25, 0.3) is 5.70 Å². The van der Waals surface area contributed by atoms with Crippen molar-refractivity contribution in [3.05, 3.63) is 74.2 Å². The van der Waals surface area contributed by atoms with Crippen molar-refractivity contribution in [2.45, 2.75) is 45.7 Å². The molecule has 1 unspecified atom stereocenters. The third-order valence-electron chi connectivity index (χ3n) is 5.01. The van der Waals surface area contributed by atoms with Crippen LogP contribution < -0.4 is 10.9 Å². The summed E-state index contributed by atoms with van der Waals surface area (Å²) in [5, 5.41) is 2.78. The van der Waals surface area contributed by atoms with Gasteiger partial charge < -0.3 is 10.3 Å². The fourth-order valence-corrected chi connectivity index (χ4v) is 3.60. The number of aromatic amines is 1. The summed E-state index contributed by atoms with van der Waals surface area (Å²) in [5.41, 5.74) is 2.11. The molecule has 4 nitrogen and oxygen atoms in total. The van der Waals surface area contributed by atoms with Gasteiger partial charge in [0.05, 0.1) is 0 Å². The van der Waals surface area contributed by atoms with Crippen LogP contribution in [0.15, 0.2) is 40.7 Å². The number of H-pyrrole nitrogens is 1. The van der Waals surface area contributed by atoms with Crippen molar-refractivity contribution in [1.82, 2.24) is 10.3 Å². The summed E-state index contributed by atoms with van der Waals surface area (Å²) in [6, 6.07) is 7.61. The molecule has 0 spiro atoms. The highest BCUT2D eigenvalue weighted by Crippen LogP contribution is 2.42. The minimum atomic E-state index is -4.68. The molecule has 0 saturated heterocycles. The standard InChI is InChI=1S/C21H21F3N2O2/c1-4-5-14-12(3)13-7-6-11(2)10-16(13)18(14)26-20(28)15-8-9-17(21(22,23)24)25-19(15)27/h6-10,12H,4-5H2,1-3H3,(H,25,27)(H,26,28). The summed E-state index contributed by atoms with van der Waals surface area (Å²) in [7, 11) is 0. The molecule has 2 aromatic rings. The Morgan fingerprint density at radius 2 is 1.93 bits per heavy atom. The number of nitrogens with one attached hydrogen (secondary N) is 2. The number of alkyl halides is 3. The summed E-state index contributed by atoms with van der Waals surface area (Å²) < 4.78 is 38.2. The Balaban J connectivity index is 1.99. The molecule has 1 aliphatic rings. The first-order valence-electron chi connectivity index (χ1n) is 9.09. The van der Waals surface area contributed by atoms with E-state index in [1.807, 2.05) is 32.0 Å². The topological polar surface area (TPSA) is 62.0 Å². The van der Waals surface area contributed by atoms with E-state index in [-0.39, 0.29) is 11.5 Å². The first-order chi connectivity index (χ1) is 13.1. The van der Waals surface area contributed by atoms with Crippen LogP contribution in [0.4, 0.5) is 13.2 Å². The number of carbonyl (C=O) groups excluding carboxylic acids is 1. The van der Waals surface area contributed by atoms with Gasteiger partial charge in [-0.3, -0.25) is 9.59 Å². The van der Waals surface area contributed by atoms with Crippen LogP contribution in [0, 0.1) is 6.92 Å². The average molecular weight is 390 g/mol. The van der Waals surface area contributed by atoms with E-state index in [0.29, 0.717) is 11.8 Å². The molecule has 2 N–H and O–H groups in total. The van der Waals surface area contributed by atoms with Gasteiger partial charge >= 0.3 is 6.18 Å². The molecule has 0 fully saturated rings. The Bertz CT molecular complexity index is 1020. The molecule has 1 aromatic heterocycles. The number of rotatable bonds is 4. The van der Waals surface area contributed by atoms with Gasteiger partial charge in [-0.25, -0.2) is 0 Å². The van der Waals surface area contributed by atoms with Crippen molar-refractivity contribution in [3.8, 4) is 0 Å². The molecular formula is C21H21F3N2O2. The maximum Gasteiger partial charge on any atom is 0.431 e. The molecule has 0 bridgehead atoms. The zero-order valence-corrected chi connectivity index (χ0v) is 15.8. The number of pyridine rings is 1. The highest BCUT2D eigenvalue weighted by atomic mass is 19.4. The first kappa shape index (κ1) is 19.9. The van der Waals surface area contributed by atoms with E-state index in [4.69, 9.17) is 0 Å². The third-order valence-corrected chi connectivity index (χ3v) is 5.01. The van der Waals surface area contributed by atoms with Crippen molar-refractivity contribution in [2.75, 3.05) is 0 Å². The number of hydrogen-bond acceptors (Lipinski definition) is 2. The Morgan fingerprint density at radius 3 is 2.54 bits per heavy atom. The van der Waals surface area contributed by atoms with E-state index in [9.17, 15) is 22.8 Å². The van der Waals surface area contributed by atoms with E-state index in [1.165, 1.54) is 0 Å². The SMILES string of the molecule is CCCC1=C(NC(=O)c2ccc(C(F)(F)F)[nH]c2=O)c2cc(C)ccc2C1C. The van der Waals surface area contributed by atoms with Gasteiger partial charge in [-0.1, -0.05) is 38.0 Å². The lowest BCUT2D eigenvalue weighted by atomic mass is 9.95. The number of aryl methyl sites for hydroxylation is 1. The number of amides is 1. The largest absolute Gasteiger partial charge is 0.431 e. The smallest absolute Gasteiger partial charge is 0.321 e. The average Bonchev–Trinajstić information content (AvgIpc) is 2.86. The number of halogens is 3. The van der Waals surface area contributed by atoms with E-state index in [2.05, 4.69) is 12.2 Å². The van der Waals surface area contributed by atoms with Gasteiger partial charge in [0.25, 0.3) is 11.5 Å². The van der Waals surface area contributed by atoms with Gasteiger partial charge in [-0.2, -0.15) is 13.2 Å². The number of benzene rings is 1. The summed E-state index contributed by atoms with van der Waals surface area (Å²) in [5.74, 6) is -0.600. The molecule has 7 heteroatoms. The summed E-state index contributed by atoms with van der Waals surface area (Å²) >= 11 is 0. The number of hydrogen-bond donors (Lipinski definition) is 2. The highest BCUT2D eigenvalue weighted by molar-refractivity contribution is 6.00. The van der Waals surface area contributed by atoms with E-state index < -0.39 is 23.3 Å². The lowest BCUT2D eigenvalue weighted by Gasteiger charge is -2.13. The third kappa shape index (κ3) is 3.61. The van der Waals surface area contributed by atoms with Crippen LogP contribution in [0.3, 0.4) is 0 Å². The molecule has 1 aromatic carbocycles. The van der Waals surface area contributed by atoms with Crippen LogP contribution in [0.2, 0.25) is 0 Å². The summed E-state index contributed by atoms with van der Waals surface area (Å²) in [6.45, 7) is 6.04. The van der Waals surface area contributed by atoms with E-state index >= 15 is 0 Å². The lowest BCUT2D eigenvalue weighted by Crippen LogP contribution is -2.30. The molecule has 0 aliphatic heterocycles. The van der Waals surface area contributed by atoms with Crippen molar-refractivity contribution in [3.63, 3.8) is 0 Å². The molecule has 3 rings (SSSR count). The number of fused-ring (bicyclic) bond motifs is 1. The van der Waals surface area contributed by atoms with Crippen LogP contribution in [0.5, 0.6) is 0 Å². The Morgan fingerprint density at radius 1 is 1.21 bits per heavy atom. The molecule has 1 heterocycles. The van der Waals surface area contributed by atoms with Crippen molar-refractivity contribution in [1.29, 1.82) is 0 Å². The fraction of sp³-hybridized carbons (Fsp3) is 0.333. The van der Waals surface area contributed by atoms with E-state index in [1.54, 1.807) is 4.98 Å². The minimum Gasteiger partial charge on any atom is -0.321 e. The maximum absolute atomic E-state index is 12.7. The number of allylic oxidation sites excluding steroid dienone is 1. The fourth-order valence-electron chi connectivity index (χ4n) is 3.60. The summed E-state index contributed by atoms with van der Waals surface area (Å²) in [4.78, 5) is 26.5.